The van der Waals surface area contributed by atoms with Gasteiger partial charge >= 0.3 is 12.2 Å². The minimum Gasteiger partial charge on any atom is -0.457 e. The third kappa shape index (κ3) is 3.73. The van der Waals surface area contributed by atoms with Crippen molar-refractivity contribution >= 4 is 34.3 Å². The molecular weight excluding hydrogens is 439 g/mol. The normalized spacial score (nSPS) is 14.4. The Morgan fingerprint density at radius 2 is 1.79 bits per heavy atom. The first kappa shape index (κ1) is 20.5. The van der Waals surface area contributed by atoms with E-state index in [1.807, 2.05) is 6.07 Å². The Morgan fingerprint density at radius 1 is 1.00 bits per heavy atom. The summed E-state index contributed by atoms with van der Waals surface area (Å²) in [4.78, 5) is 38.0. The second kappa shape index (κ2) is 7.62. The first-order chi connectivity index (χ1) is 15.8. The molecule has 1 saturated heterocycles. The monoisotopic (exact) mass is 453 g/mol. The highest BCUT2D eigenvalue weighted by Crippen LogP contribution is 2.34. The number of H-pyrrole nitrogens is 1. The molecule has 1 fully saturated rings. The maximum atomic E-state index is 13.0. The number of carbonyl (C=O) groups is 2. The molecule has 8 nitrogen and oxygen atoms in total. The van der Waals surface area contributed by atoms with Gasteiger partial charge in [-0.05, 0) is 42.5 Å². The largest absolute Gasteiger partial charge is 0.457 e. The fraction of sp³-hybridized carbons (Fsp3) is 0.0909. The molecule has 0 bridgehead atoms. The predicted octanol–water partition coefficient (Wildman–Crippen LogP) is 4.74. The number of hydrogen-bond donors (Lipinski definition) is 1. The van der Waals surface area contributed by atoms with Gasteiger partial charge in [0.05, 0.1) is 28.5 Å². The Hall–Kier alpha value is -4.41. The number of rotatable bonds is 4. The third-order valence-electron chi connectivity index (χ3n) is 5.07. The Balaban J connectivity index is 1.37. The minimum absolute atomic E-state index is 0.112. The summed E-state index contributed by atoms with van der Waals surface area (Å²) < 4.78 is 44.9. The summed E-state index contributed by atoms with van der Waals surface area (Å²) in [6.45, 7) is -0.400. The van der Waals surface area contributed by atoms with Crippen molar-refractivity contribution in [3.05, 3.63) is 72.8 Å². The number of halogens is 3. The lowest BCUT2D eigenvalue weighted by molar-refractivity contribution is -0.137. The van der Waals surface area contributed by atoms with E-state index in [0.29, 0.717) is 23.3 Å². The van der Waals surface area contributed by atoms with Crippen LogP contribution in [0.5, 0.6) is 11.5 Å². The third-order valence-corrected chi connectivity index (χ3v) is 5.07. The summed E-state index contributed by atoms with van der Waals surface area (Å²) >= 11 is 0. The van der Waals surface area contributed by atoms with E-state index < -0.39 is 30.2 Å². The Kier molecular flexibility index (Phi) is 4.73. The molecule has 0 atom stereocenters. The number of carbonyl (C=O) groups excluding carboxylic acids is 2. The number of nitrogens with one attached hydrogen (secondary N) is 1. The molecule has 166 valence electrons. The predicted molar refractivity (Wildman–Crippen MR) is 112 cm³/mol. The molecule has 0 radical (unpaired) electrons. The van der Waals surface area contributed by atoms with Crippen LogP contribution in [0.1, 0.15) is 5.56 Å². The number of alkyl halides is 3. The fourth-order valence-electron chi connectivity index (χ4n) is 3.50. The van der Waals surface area contributed by atoms with E-state index in [4.69, 9.17) is 4.74 Å². The Bertz CT molecular complexity index is 1370. The van der Waals surface area contributed by atoms with Crippen molar-refractivity contribution in [1.29, 1.82) is 0 Å². The van der Waals surface area contributed by atoms with Crippen molar-refractivity contribution in [2.75, 3.05) is 16.3 Å². The number of fused-ring (bicyclic) bond motifs is 1. The molecule has 1 aromatic carbocycles. The first-order valence-corrected chi connectivity index (χ1v) is 9.68. The Morgan fingerprint density at radius 3 is 2.55 bits per heavy atom. The molecule has 0 unspecified atom stereocenters. The fourth-order valence-corrected chi connectivity index (χ4v) is 3.50. The second-order valence-corrected chi connectivity index (χ2v) is 7.17. The van der Waals surface area contributed by atoms with E-state index in [1.165, 1.54) is 12.1 Å². The highest BCUT2D eigenvalue weighted by atomic mass is 19.4. The molecule has 1 N–H and O–H groups in total. The van der Waals surface area contributed by atoms with Crippen LogP contribution in [0.15, 0.2) is 67.3 Å². The highest BCUT2D eigenvalue weighted by Gasteiger charge is 2.39. The molecule has 0 aliphatic carbocycles. The lowest BCUT2D eigenvalue weighted by atomic mass is 10.2. The number of pyridine rings is 2. The average Bonchev–Trinajstić information content (AvgIpc) is 3.39. The molecule has 0 saturated carbocycles. The number of amides is 3. The number of benzene rings is 1. The van der Waals surface area contributed by atoms with Gasteiger partial charge < -0.3 is 9.72 Å². The second-order valence-electron chi connectivity index (χ2n) is 7.17. The molecule has 33 heavy (non-hydrogen) atoms. The van der Waals surface area contributed by atoms with Crippen LogP contribution >= 0.6 is 0 Å². The topological polar surface area (TPSA) is 91.4 Å². The van der Waals surface area contributed by atoms with Crippen LogP contribution in [0.4, 0.5) is 29.3 Å². The number of urea groups is 1. The highest BCUT2D eigenvalue weighted by molar-refractivity contribution is 6.26. The summed E-state index contributed by atoms with van der Waals surface area (Å²) in [6.07, 6.45) is 0.487. The summed E-state index contributed by atoms with van der Waals surface area (Å²) in [5.74, 6) is 0.463. The quantitative estimate of drug-likeness (QED) is 0.451. The lowest BCUT2D eigenvalue weighted by Crippen LogP contribution is -2.33. The van der Waals surface area contributed by atoms with Gasteiger partial charge in [-0.1, -0.05) is 0 Å². The van der Waals surface area contributed by atoms with Gasteiger partial charge in [0.2, 0.25) is 0 Å². The number of aromatic nitrogens is 3. The van der Waals surface area contributed by atoms with E-state index in [2.05, 4.69) is 15.0 Å². The first-order valence-electron chi connectivity index (χ1n) is 9.68. The molecule has 3 aromatic heterocycles. The zero-order valence-corrected chi connectivity index (χ0v) is 16.7. The number of nitrogens with zero attached hydrogens (tertiary/aromatic N) is 4. The van der Waals surface area contributed by atoms with E-state index in [0.717, 1.165) is 27.4 Å². The van der Waals surface area contributed by atoms with E-state index in [9.17, 15) is 22.8 Å². The molecule has 3 amide bonds. The van der Waals surface area contributed by atoms with Crippen LogP contribution in [0, 0.1) is 0 Å². The molecule has 4 aromatic rings. The van der Waals surface area contributed by atoms with Crippen LogP contribution in [0.2, 0.25) is 0 Å². The summed E-state index contributed by atoms with van der Waals surface area (Å²) in [7, 11) is 0. The number of aromatic amines is 1. The van der Waals surface area contributed by atoms with Crippen LogP contribution in [-0.2, 0) is 11.0 Å². The van der Waals surface area contributed by atoms with E-state index in [1.54, 1.807) is 30.6 Å². The summed E-state index contributed by atoms with van der Waals surface area (Å²) in [5, 5.41) is 0.789. The van der Waals surface area contributed by atoms with Crippen LogP contribution < -0.4 is 14.5 Å². The summed E-state index contributed by atoms with van der Waals surface area (Å²) in [5.41, 5.74) is -0.186. The van der Waals surface area contributed by atoms with Gasteiger partial charge in [-0.2, -0.15) is 13.2 Å². The van der Waals surface area contributed by atoms with Crippen molar-refractivity contribution in [1.82, 2.24) is 15.0 Å². The van der Waals surface area contributed by atoms with Gasteiger partial charge in [-0.3, -0.25) is 14.7 Å². The number of hydrogen-bond acceptors (Lipinski definition) is 5. The van der Waals surface area contributed by atoms with E-state index >= 15 is 0 Å². The zero-order chi connectivity index (χ0) is 23.2. The maximum absolute atomic E-state index is 13.0. The Labute approximate surface area is 184 Å². The van der Waals surface area contributed by atoms with Crippen molar-refractivity contribution in [2.45, 2.75) is 6.18 Å². The smallest absolute Gasteiger partial charge is 0.417 e. The molecule has 0 spiro atoms. The SMILES string of the molecule is O=C1CN(c2cncc(C(F)(F)F)c2)C(=O)N1c1ccc(Oc2ccnc3[nH]ccc23)cc1. The molecule has 5 rings (SSSR count). The standard InChI is InChI=1S/C22H14F3N5O3/c23-22(24,25)13-9-15(11-26-10-13)29-12-19(31)30(21(29)32)14-1-3-16(4-2-14)33-18-6-8-28-20-17(18)5-7-27-20/h1-11H,12H2,(H,27,28). The minimum atomic E-state index is -4.62. The van der Waals surface area contributed by atoms with Crippen molar-refractivity contribution in [3.63, 3.8) is 0 Å². The number of ether oxygens (including phenoxy) is 1. The van der Waals surface area contributed by atoms with Crippen molar-refractivity contribution < 1.29 is 27.5 Å². The van der Waals surface area contributed by atoms with Crippen LogP contribution in [0.3, 0.4) is 0 Å². The van der Waals surface area contributed by atoms with Crippen LogP contribution in [-0.4, -0.2) is 33.4 Å². The van der Waals surface area contributed by atoms with Gasteiger partial charge in [-0.25, -0.2) is 14.7 Å². The lowest BCUT2D eigenvalue weighted by Gasteiger charge is -2.18. The van der Waals surface area contributed by atoms with Crippen molar-refractivity contribution in [2.24, 2.45) is 0 Å². The van der Waals surface area contributed by atoms with Gasteiger partial charge in [0.25, 0.3) is 5.91 Å². The van der Waals surface area contributed by atoms with Gasteiger partial charge in [-0.15, -0.1) is 0 Å². The maximum Gasteiger partial charge on any atom is 0.417 e. The molecule has 1 aliphatic rings. The van der Waals surface area contributed by atoms with Crippen LogP contribution in [0.25, 0.3) is 11.0 Å². The number of imide groups is 1. The number of anilines is 2. The zero-order valence-electron chi connectivity index (χ0n) is 16.7. The van der Waals surface area contributed by atoms with E-state index in [-0.39, 0.29) is 11.4 Å². The molecule has 11 heteroatoms. The summed E-state index contributed by atoms with van der Waals surface area (Å²) in [6, 6.07) is 9.77. The van der Waals surface area contributed by atoms with Gasteiger partial charge in [0.15, 0.2) is 0 Å². The van der Waals surface area contributed by atoms with Gasteiger partial charge in [0, 0.05) is 18.6 Å². The van der Waals surface area contributed by atoms with Gasteiger partial charge in [0.1, 0.15) is 23.7 Å². The average molecular weight is 453 g/mol. The molecule has 1 aliphatic heterocycles. The molecular formula is C22H14F3N5O3. The van der Waals surface area contributed by atoms with Crippen molar-refractivity contribution in [3.8, 4) is 11.5 Å². The molecule has 4 heterocycles.